The molecule has 0 spiro atoms. The molecule has 0 aliphatic heterocycles. The van der Waals surface area contributed by atoms with Crippen molar-refractivity contribution in [1.29, 1.82) is 0 Å². The number of aromatic nitrogens is 1. The second-order valence-corrected chi connectivity index (χ2v) is 8.52. The monoisotopic (exact) mass is 466 g/mol. The van der Waals surface area contributed by atoms with Gasteiger partial charge < -0.3 is 9.47 Å². The van der Waals surface area contributed by atoms with Crippen molar-refractivity contribution in [2.24, 2.45) is 0 Å². The average molecular weight is 467 g/mol. The number of esters is 2. The predicted molar refractivity (Wildman–Crippen MR) is 123 cm³/mol. The third kappa shape index (κ3) is 6.05. The summed E-state index contributed by atoms with van der Waals surface area (Å²) in [5.74, 6) is -1.29. The maximum absolute atomic E-state index is 13.0. The minimum Gasteiger partial charge on any atom is -0.466 e. The van der Waals surface area contributed by atoms with Crippen LogP contribution in [0.5, 0.6) is 0 Å². The van der Waals surface area contributed by atoms with Crippen molar-refractivity contribution >= 4 is 33.7 Å². The summed E-state index contributed by atoms with van der Waals surface area (Å²) >= 11 is 0. The Kier molecular flexibility index (Phi) is 7.57. The number of ether oxygens (including phenoxy) is 2. The number of methoxy groups -OCH3 is 1. The molecule has 0 radical (unpaired) electrons. The molecule has 170 valence electrons. The first kappa shape index (κ1) is 23.7. The molecule has 33 heavy (non-hydrogen) atoms. The minimum atomic E-state index is -4.06. The lowest BCUT2D eigenvalue weighted by Crippen LogP contribution is -2.18. The summed E-state index contributed by atoms with van der Waals surface area (Å²) in [6.07, 6.45) is 4.04. The molecule has 1 heterocycles. The van der Waals surface area contributed by atoms with Crippen molar-refractivity contribution in [3.8, 4) is 0 Å². The molecule has 3 rings (SSSR count). The Morgan fingerprint density at radius 3 is 2.42 bits per heavy atom. The molecule has 0 unspecified atom stereocenters. The van der Waals surface area contributed by atoms with Gasteiger partial charge in [0.1, 0.15) is 6.61 Å². The largest absolute Gasteiger partial charge is 0.466 e. The summed E-state index contributed by atoms with van der Waals surface area (Å²) in [4.78, 5) is 28.4. The highest BCUT2D eigenvalue weighted by Crippen LogP contribution is 2.27. The molecule has 0 atom stereocenters. The van der Waals surface area contributed by atoms with E-state index in [1.54, 1.807) is 37.3 Å². The summed E-state index contributed by atoms with van der Waals surface area (Å²) in [5, 5.41) is -0.194. The highest BCUT2D eigenvalue weighted by molar-refractivity contribution is 7.92. The zero-order valence-corrected chi connectivity index (χ0v) is 18.8. The fraction of sp³-hybridized carbons (Fsp3) is 0.125. The third-order valence-corrected chi connectivity index (χ3v) is 5.96. The summed E-state index contributed by atoms with van der Waals surface area (Å²) in [5.41, 5.74) is 1.78. The zero-order valence-electron chi connectivity index (χ0n) is 18.0. The van der Waals surface area contributed by atoms with Gasteiger partial charge in [0.2, 0.25) is 0 Å². The van der Waals surface area contributed by atoms with E-state index in [-0.39, 0.29) is 22.9 Å². The summed E-state index contributed by atoms with van der Waals surface area (Å²) in [7, 11) is -2.81. The van der Waals surface area contributed by atoms with Crippen molar-refractivity contribution < 1.29 is 27.5 Å². The van der Waals surface area contributed by atoms with Crippen LogP contribution >= 0.6 is 0 Å². The Balaban J connectivity index is 1.99. The molecular weight excluding hydrogens is 444 g/mol. The molecule has 9 heteroatoms. The van der Waals surface area contributed by atoms with E-state index < -0.39 is 22.0 Å². The van der Waals surface area contributed by atoms with Crippen molar-refractivity contribution in [3.05, 3.63) is 95.2 Å². The predicted octanol–water partition coefficient (Wildman–Crippen LogP) is 3.73. The number of benzene rings is 2. The summed E-state index contributed by atoms with van der Waals surface area (Å²) in [6.45, 7) is 1.64. The van der Waals surface area contributed by atoms with E-state index in [4.69, 9.17) is 4.74 Å². The van der Waals surface area contributed by atoms with E-state index in [0.29, 0.717) is 11.1 Å². The standard InChI is InChI=1S/C24H22N2O6S/c1-17-19(12-14-22(27)31-2)11-13-20(26-33(29,30)21-10-6-7-15-25-21)23(17)24(28)32-16-18-8-4-3-5-9-18/h3-15,26H,16H2,1-2H3. The molecule has 1 N–H and O–H groups in total. The second-order valence-electron chi connectivity index (χ2n) is 6.89. The van der Waals surface area contributed by atoms with Gasteiger partial charge in [-0.1, -0.05) is 42.5 Å². The Hall–Kier alpha value is -3.98. The van der Waals surface area contributed by atoms with Crippen molar-refractivity contribution in [2.75, 3.05) is 11.8 Å². The van der Waals surface area contributed by atoms with Gasteiger partial charge in [-0.3, -0.25) is 4.72 Å². The van der Waals surface area contributed by atoms with Gasteiger partial charge in [0.05, 0.1) is 18.4 Å². The number of sulfonamides is 1. The number of rotatable bonds is 8. The number of hydrogen-bond donors (Lipinski definition) is 1. The van der Waals surface area contributed by atoms with Crippen LogP contribution in [0.2, 0.25) is 0 Å². The Morgan fingerprint density at radius 2 is 1.76 bits per heavy atom. The van der Waals surface area contributed by atoms with E-state index in [9.17, 15) is 18.0 Å². The van der Waals surface area contributed by atoms with Crippen molar-refractivity contribution in [2.45, 2.75) is 18.6 Å². The minimum absolute atomic E-state index is 0.00771. The molecule has 0 aliphatic carbocycles. The van der Waals surface area contributed by atoms with Gasteiger partial charge in [-0.15, -0.1) is 0 Å². The van der Waals surface area contributed by atoms with E-state index in [0.717, 1.165) is 5.56 Å². The fourth-order valence-electron chi connectivity index (χ4n) is 2.98. The SMILES string of the molecule is COC(=O)C=Cc1ccc(NS(=O)(=O)c2ccccn2)c(C(=O)OCc2ccccc2)c1C. The summed E-state index contributed by atoms with van der Waals surface area (Å²) < 4.78 is 38.1. The summed E-state index contributed by atoms with van der Waals surface area (Å²) in [6, 6.07) is 16.6. The fourth-order valence-corrected chi connectivity index (χ4v) is 4.00. The highest BCUT2D eigenvalue weighted by Gasteiger charge is 2.23. The van der Waals surface area contributed by atoms with E-state index in [2.05, 4.69) is 14.4 Å². The van der Waals surface area contributed by atoms with Crippen molar-refractivity contribution in [1.82, 2.24) is 4.98 Å². The molecule has 0 saturated heterocycles. The van der Waals surface area contributed by atoms with Gasteiger partial charge in [0.15, 0.2) is 5.03 Å². The molecule has 0 saturated carbocycles. The Labute approximate surface area is 191 Å². The van der Waals surface area contributed by atoms with E-state index in [1.165, 1.54) is 37.6 Å². The average Bonchev–Trinajstić information content (AvgIpc) is 2.83. The molecule has 0 aliphatic rings. The van der Waals surface area contributed by atoms with E-state index in [1.807, 2.05) is 18.2 Å². The van der Waals surface area contributed by atoms with Crippen LogP contribution in [0.15, 0.2) is 78.0 Å². The second kappa shape index (κ2) is 10.6. The molecule has 8 nitrogen and oxygen atoms in total. The molecule has 2 aromatic carbocycles. The maximum Gasteiger partial charge on any atom is 0.340 e. The van der Waals surface area contributed by atoms with Crippen LogP contribution in [0.3, 0.4) is 0 Å². The first-order chi connectivity index (χ1) is 15.8. The van der Waals surface area contributed by atoms with Gasteiger partial charge in [-0.2, -0.15) is 8.42 Å². The number of carbonyl (C=O) groups is 2. The van der Waals surface area contributed by atoms with Crippen LogP contribution in [0.25, 0.3) is 6.08 Å². The van der Waals surface area contributed by atoms with Crippen LogP contribution in [0.4, 0.5) is 5.69 Å². The van der Waals surface area contributed by atoms with Gasteiger partial charge in [-0.05, 0) is 47.9 Å². The smallest absolute Gasteiger partial charge is 0.340 e. The number of hydrogen-bond acceptors (Lipinski definition) is 7. The third-order valence-electron chi connectivity index (χ3n) is 4.68. The van der Waals surface area contributed by atoms with Gasteiger partial charge in [0.25, 0.3) is 10.0 Å². The highest BCUT2D eigenvalue weighted by atomic mass is 32.2. The van der Waals surface area contributed by atoms with Gasteiger partial charge in [-0.25, -0.2) is 14.6 Å². The Morgan fingerprint density at radius 1 is 1.03 bits per heavy atom. The van der Waals surface area contributed by atoms with Crippen molar-refractivity contribution in [3.63, 3.8) is 0 Å². The zero-order chi connectivity index (χ0) is 23.8. The maximum atomic E-state index is 13.0. The lowest BCUT2D eigenvalue weighted by Gasteiger charge is -2.16. The lowest BCUT2D eigenvalue weighted by molar-refractivity contribution is -0.134. The van der Waals surface area contributed by atoms with Gasteiger partial charge >= 0.3 is 11.9 Å². The lowest BCUT2D eigenvalue weighted by atomic mass is 10.00. The first-order valence-electron chi connectivity index (χ1n) is 9.86. The van der Waals surface area contributed by atoms with Crippen LogP contribution in [0, 0.1) is 6.92 Å². The van der Waals surface area contributed by atoms with Gasteiger partial charge in [0, 0.05) is 12.3 Å². The topological polar surface area (TPSA) is 112 Å². The van der Waals surface area contributed by atoms with Crippen LogP contribution in [0.1, 0.15) is 27.0 Å². The molecule has 1 aromatic heterocycles. The number of nitrogens with zero attached hydrogens (tertiary/aromatic N) is 1. The quantitative estimate of drug-likeness (QED) is 0.398. The Bertz CT molecular complexity index is 1270. The molecule has 0 bridgehead atoms. The van der Waals surface area contributed by atoms with E-state index >= 15 is 0 Å². The number of pyridine rings is 1. The molecule has 0 amide bonds. The first-order valence-corrected chi connectivity index (χ1v) is 11.3. The number of carbonyl (C=O) groups excluding carboxylic acids is 2. The van der Waals surface area contributed by atoms with Crippen LogP contribution in [-0.2, 0) is 30.9 Å². The molecule has 0 fully saturated rings. The number of nitrogens with one attached hydrogen (secondary N) is 1. The number of anilines is 1. The normalized spacial score (nSPS) is 11.2. The molecule has 3 aromatic rings. The van der Waals surface area contributed by atoms with Crippen LogP contribution in [-0.4, -0.2) is 32.5 Å². The van der Waals surface area contributed by atoms with Crippen LogP contribution < -0.4 is 4.72 Å². The molecular formula is C24H22N2O6S.